The minimum atomic E-state index is -4.47. The van der Waals surface area contributed by atoms with Crippen LogP contribution in [-0.4, -0.2) is 27.9 Å². The van der Waals surface area contributed by atoms with Crippen molar-refractivity contribution >= 4 is 10.1 Å². The van der Waals surface area contributed by atoms with E-state index in [0.717, 1.165) is 6.07 Å². The second kappa shape index (κ2) is 6.29. The number of hydrogen-bond donors (Lipinski definition) is 1. The molecule has 1 aromatic carbocycles. The number of phenolic OH excluding ortho intramolecular Hbond substituents is 1. The van der Waals surface area contributed by atoms with Crippen molar-refractivity contribution in [3.8, 4) is 5.75 Å². The van der Waals surface area contributed by atoms with E-state index in [1.807, 2.05) is 0 Å². The average molecular weight is 344 g/mol. The molecule has 0 aliphatic heterocycles. The van der Waals surface area contributed by atoms with E-state index in [2.05, 4.69) is 9.86 Å². The third kappa shape index (κ3) is 5.33. The van der Waals surface area contributed by atoms with Gasteiger partial charge >= 0.3 is 0 Å². The van der Waals surface area contributed by atoms with Gasteiger partial charge in [-0.1, -0.05) is 6.07 Å². The van der Waals surface area contributed by atoms with Gasteiger partial charge < -0.3 is 9.66 Å². The van der Waals surface area contributed by atoms with Crippen LogP contribution in [0.5, 0.6) is 5.75 Å². The summed E-state index contributed by atoms with van der Waals surface area (Å²) in [5.41, 5.74) is 0.336. The Morgan fingerprint density at radius 3 is 2.13 bits per heavy atom. The van der Waals surface area contributed by atoms with Crippen molar-refractivity contribution in [3.63, 3.8) is 0 Å². The maximum atomic E-state index is 10.5. The molecule has 0 aliphatic rings. The first-order chi connectivity index (χ1) is 6.82. The molecule has 0 atom stereocenters. The Bertz CT molecular complexity index is 414. The molecule has 0 aromatic heterocycles. The maximum Gasteiger partial charge on any atom is 0.261 e. The lowest BCUT2D eigenvalue weighted by molar-refractivity contribution is -0.597. The van der Waals surface area contributed by atoms with Gasteiger partial charge in [-0.2, -0.15) is 0 Å². The molecular weight excluding hydrogens is 331 g/mol. The van der Waals surface area contributed by atoms with E-state index in [0.29, 0.717) is 26.8 Å². The Balaban J connectivity index is 0.000000583. The zero-order valence-corrected chi connectivity index (χ0v) is 11.7. The standard InChI is InChI=1S/C7H8O4S.C2H6I/c1-5-2-3-6(8)4-7(5)12(9,10)11;1-3-2/h2-4,8H,1H3,(H,9,10,11);1-2H3/q;+1/p-1. The molecule has 0 fully saturated rings. The van der Waals surface area contributed by atoms with Crippen molar-refractivity contribution in [2.45, 2.75) is 11.8 Å². The Hall–Kier alpha value is -0.340. The summed E-state index contributed by atoms with van der Waals surface area (Å²) in [5.74, 6) is -0.227. The first kappa shape index (κ1) is 14.7. The van der Waals surface area contributed by atoms with Crippen molar-refractivity contribution in [2.24, 2.45) is 0 Å². The number of alkyl halides is 2. The lowest BCUT2D eigenvalue weighted by Gasteiger charge is -2.09. The summed E-state index contributed by atoms with van der Waals surface area (Å²) < 4.78 is 31.6. The number of benzene rings is 1. The van der Waals surface area contributed by atoms with Crippen LogP contribution in [0.1, 0.15) is 5.56 Å². The molecule has 4 nitrogen and oxygen atoms in total. The van der Waals surface area contributed by atoms with Crippen LogP contribution in [0.25, 0.3) is 0 Å². The van der Waals surface area contributed by atoms with Crippen LogP contribution in [0.2, 0.25) is 0 Å². The van der Waals surface area contributed by atoms with Gasteiger partial charge in [0.1, 0.15) is 25.7 Å². The third-order valence-electron chi connectivity index (χ3n) is 1.44. The fourth-order valence-corrected chi connectivity index (χ4v) is 1.59. The SMILES string of the molecule is C[I+]C.Cc1ccc(O)cc1S(=O)(=O)[O-]. The smallest absolute Gasteiger partial charge is 0.261 e. The van der Waals surface area contributed by atoms with E-state index >= 15 is 0 Å². The number of aromatic hydroxyl groups is 1. The van der Waals surface area contributed by atoms with Gasteiger partial charge in [-0.25, -0.2) is 8.42 Å². The topological polar surface area (TPSA) is 77.4 Å². The van der Waals surface area contributed by atoms with Crippen LogP contribution in [0.15, 0.2) is 23.1 Å². The maximum absolute atomic E-state index is 10.5. The molecule has 1 rings (SSSR count). The molecule has 0 aliphatic carbocycles. The quantitative estimate of drug-likeness (QED) is 0.361. The van der Waals surface area contributed by atoms with Crippen LogP contribution in [0.3, 0.4) is 0 Å². The highest BCUT2D eigenvalue weighted by molar-refractivity contribution is 7.85. The third-order valence-corrected chi connectivity index (χ3v) is 2.42. The zero-order valence-electron chi connectivity index (χ0n) is 8.69. The molecule has 15 heavy (non-hydrogen) atoms. The van der Waals surface area contributed by atoms with Crippen LogP contribution < -0.4 is 21.2 Å². The Kier molecular flexibility index (Phi) is 6.15. The zero-order chi connectivity index (χ0) is 12.1. The molecule has 0 unspecified atom stereocenters. The van der Waals surface area contributed by atoms with Crippen molar-refractivity contribution < 1.29 is 39.3 Å². The minimum absolute atomic E-state index is 0.227. The molecule has 0 heterocycles. The van der Waals surface area contributed by atoms with Crippen LogP contribution in [0, 0.1) is 6.92 Å². The van der Waals surface area contributed by atoms with Gasteiger partial charge in [-0.15, -0.1) is 0 Å². The highest BCUT2D eigenvalue weighted by atomic mass is 127. The van der Waals surface area contributed by atoms with Gasteiger partial charge in [-0.3, -0.25) is 0 Å². The molecule has 0 spiro atoms. The summed E-state index contributed by atoms with van der Waals surface area (Å²) in [6.45, 7) is 1.49. The molecule has 0 amide bonds. The van der Waals surface area contributed by atoms with Gasteiger partial charge in [0, 0.05) is 0 Å². The Morgan fingerprint density at radius 1 is 1.33 bits per heavy atom. The van der Waals surface area contributed by atoms with E-state index in [1.165, 1.54) is 19.1 Å². The highest BCUT2D eigenvalue weighted by Crippen LogP contribution is 2.19. The van der Waals surface area contributed by atoms with E-state index < -0.39 is 10.1 Å². The number of halogens is 1. The van der Waals surface area contributed by atoms with E-state index in [9.17, 15) is 13.0 Å². The molecular formula is C9H13IO4S. The van der Waals surface area contributed by atoms with Crippen LogP contribution in [-0.2, 0) is 10.1 Å². The predicted octanol–water partition coefficient (Wildman–Crippen LogP) is -2.06. The molecule has 1 N–H and O–H groups in total. The summed E-state index contributed by atoms with van der Waals surface area (Å²) in [6, 6.07) is 3.64. The Morgan fingerprint density at radius 2 is 1.80 bits per heavy atom. The Labute approximate surface area is 100 Å². The van der Waals surface area contributed by atoms with Crippen molar-refractivity contribution in [3.05, 3.63) is 23.8 Å². The summed E-state index contributed by atoms with van der Waals surface area (Å²) >= 11 is 0.590. The molecule has 0 saturated heterocycles. The van der Waals surface area contributed by atoms with Crippen LogP contribution >= 0.6 is 0 Å². The monoisotopic (exact) mass is 344 g/mol. The number of aryl methyl sites for hydroxylation is 1. The molecule has 1 aromatic rings. The number of phenols is 1. The largest absolute Gasteiger partial charge is 0.744 e. The lowest BCUT2D eigenvalue weighted by atomic mass is 10.2. The van der Waals surface area contributed by atoms with Gasteiger partial charge in [0.25, 0.3) is 21.2 Å². The second-order valence-corrected chi connectivity index (χ2v) is 6.29. The van der Waals surface area contributed by atoms with Gasteiger partial charge in [0.2, 0.25) is 0 Å². The van der Waals surface area contributed by atoms with Crippen molar-refractivity contribution in [1.82, 2.24) is 0 Å². The summed E-state index contributed by atoms with van der Waals surface area (Å²) in [6.07, 6.45) is 0. The van der Waals surface area contributed by atoms with E-state index in [4.69, 9.17) is 5.11 Å². The second-order valence-electron chi connectivity index (χ2n) is 2.78. The fraction of sp³-hybridized carbons (Fsp3) is 0.333. The van der Waals surface area contributed by atoms with Gasteiger partial charge in [0.15, 0.2) is 0 Å². The van der Waals surface area contributed by atoms with E-state index in [-0.39, 0.29) is 10.6 Å². The minimum Gasteiger partial charge on any atom is -0.744 e. The van der Waals surface area contributed by atoms with E-state index in [1.54, 1.807) is 0 Å². The van der Waals surface area contributed by atoms with Crippen LogP contribution in [0.4, 0.5) is 0 Å². The molecule has 6 heteroatoms. The summed E-state index contributed by atoms with van der Waals surface area (Å²) in [4.78, 5) is 4.10. The molecule has 0 radical (unpaired) electrons. The first-order valence-corrected chi connectivity index (χ1v) is 9.64. The van der Waals surface area contributed by atoms with Gasteiger partial charge in [-0.05, 0) is 24.6 Å². The lowest BCUT2D eigenvalue weighted by Crippen LogP contribution is -3.59. The van der Waals surface area contributed by atoms with Gasteiger partial charge in [0.05, 0.1) is 4.90 Å². The predicted molar refractivity (Wildman–Crippen MR) is 52.7 cm³/mol. The van der Waals surface area contributed by atoms with Crippen molar-refractivity contribution in [2.75, 3.05) is 9.86 Å². The highest BCUT2D eigenvalue weighted by Gasteiger charge is 2.05. The normalized spacial score (nSPS) is 10.4. The number of hydrogen-bond acceptors (Lipinski definition) is 4. The first-order valence-electron chi connectivity index (χ1n) is 3.92. The summed E-state index contributed by atoms with van der Waals surface area (Å²) in [7, 11) is -4.47. The van der Waals surface area contributed by atoms with Crippen molar-refractivity contribution in [1.29, 1.82) is 0 Å². The molecule has 0 saturated carbocycles. The molecule has 0 bridgehead atoms. The average Bonchev–Trinajstić information content (AvgIpc) is 2.09. The fourth-order valence-electron chi connectivity index (χ4n) is 0.858. The summed E-state index contributed by atoms with van der Waals surface area (Å²) in [5, 5.41) is 8.90. The molecule has 86 valence electrons. The number of rotatable bonds is 1.